The van der Waals surface area contributed by atoms with Crippen LogP contribution in [0.15, 0.2) is 24.4 Å². The number of fused-ring (bicyclic) bond motifs is 4. The minimum absolute atomic E-state index is 0.0440. The molecule has 0 spiro atoms. The summed E-state index contributed by atoms with van der Waals surface area (Å²) in [6.45, 7) is 7.58. The SMILES string of the molecule is CCc1nnc2n1-c1c(cc(F)c(-c3cc(F)cc4c3cnn4S(C)(=O)=O)c1C)NC2(C)C. The lowest BCUT2D eigenvalue weighted by Gasteiger charge is -2.35. The van der Waals surface area contributed by atoms with Crippen molar-refractivity contribution < 1.29 is 17.2 Å². The van der Waals surface area contributed by atoms with E-state index in [4.69, 9.17) is 0 Å². The van der Waals surface area contributed by atoms with Crippen LogP contribution in [0.1, 0.15) is 38.0 Å². The molecule has 1 N–H and O–H groups in total. The summed E-state index contributed by atoms with van der Waals surface area (Å²) in [6, 6.07) is 3.65. The molecule has 2 aromatic heterocycles. The normalized spacial score (nSPS) is 14.8. The van der Waals surface area contributed by atoms with Crippen molar-refractivity contribution in [3.05, 3.63) is 53.2 Å². The second kappa shape index (κ2) is 6.83. The third kappa shape index (κ3) is 3.05. The lowest BCUT2D eigenvalue weighted by Crippen LogP contribution is -2.36. The summed E-state index contributed by atoms with van der Waals surface area (Å²) >= 11 is 0. The summed E-state index contributed by atoms with van der Waals surface area (Å²) in [4.78, 5) is 0. The number of halogens is 2. The summed E-state index contributed by atoms with van der Waals surface area (Å²) in [5.74, 6) is 0.138. The van der Waals surface area contributed by atoms with Crippen LogP contribution in [-0.2, 0) is 22.0 Å². The van der Waals surface area contributed by atoms with E-state index in [0.29, 0.717) is 34.6 Å². The van der Waals surface area contributed by atoms with Gasteiger partial charge in [0.05, 0.1) is 34.9 Å². The van der Waals surface area contributed by atoms with Gasteiger partial charge < -0.3 is 5.32 Å². The number of nitrogens with one attached hydrogen (secondary N) is 1. The molecule has 0 aliphatic carbocycles. The summed E-state index contributed by atoms with van der Waals surface area (Å²) in [5.41, 5.74) is 1.63. The van der Waals surface area contributed by atoms with Gasteiger partial charge in [-0.3, -0.25) is 4.57 Å². The van der Waals surface area contributed by atoms with Crippen molar-refractivity contribution in [2.45, 2.75) is 39.7 Å². The van der Waals surface area contributed by atoms with Gasteiger partial charge in [0.2, 0.25) is 0 Å². The fourth-order valence-electron chi connectivity index (χ4n) is 4.60. The smallest absolute Gasteiger partial charge is 0.251 e. The highest BCUT2D eigenvalue weighted by Gasteiger charge is 2.36. The van der Waals surface area contributed by atoms with Gasteiger partial charge in [-0.1, -0.05) is 6.92 Å². The first-order valence-electron chi connectivity index (χ1n) is 10.4. The molecular weight excluding hydrogens is 450 g/mol. The molecule has 0 bridgehead atoms. The Hall–Kier alpha value is -3.34. The van der Waals surface area contributed by atoms with Crippen molar-refractivity contribution in [2.75, 3.05) is 11.6 Å². The quantitative estimate of drug-likeness (QED) is 0.486. The molecule has 172 valence electrons. The Kier molecular flexibility index (Phi) is 4.45. The predicted octanol–water partition coefficient (Wildman–Crippen LogP) is 3.90. The maximum Gasteiger partial charge on any atom is 0.251 e. The molecule has 4 aromatic rings. The Balaban J connectivity index is 1.87. The second-order valence-corrected chi connectivity index (χ2v) is 10.6. The fourth-order valence-corrected chi connectivity index (χ4v) is 5.33. The molecule has 3 heterocycles. The molecule has 0 radical (unpaired) electrons. The van der Waals surface area contributed by atoms with Crippen LogP contribution in [0.4, 0.5) is 14.5 Å². The average Bonchev–Trinajstić information content (AvgIpc) is 3.31. The number of anilines is 1. The minimum atomic E-state index is -3.78. The molecule has 0 atom stereocenters. The van der Waals surface area contributed by atoms with E-state index in [1.54, 1.807) is 6.92 Å². The Morgan fingerprint density at radius 3 is 2.55 bits per heavy atom. The van der Waals surface area contributed by atoms with Crippen LogP contribution in [-0.4, -0.2) is 38.6 Å². The first-order valence-corrected chi connectivity index (χ1v) is 12.2. The monoisotopic (exact) mass is 472 g/mol. The number of hydrogen-bond acceptors (Lipinski definition) is 6. The molecule has 11 heteroatoms. The highest BCUT2D eigenvalue weighted by Crippen LogP contribution is 2.44. The van der Waals surface area contributed by atoms with Crippen LogP contribution < -0.4 is 5.32 Å². The molecule has 2 aromatic carbocycles. The van der Waals surface area contributed by atoms with E-state index >= 15 is 4.39 Å². The summed E-state index contributed by atoms with van der Waals surface area (Å²) < 4.78 is 57.1. The standard InChI is InChI=1S/C22H22F2N6O2S/c1-6-18-27-28-21-22(3,4)26-16-9-15(24)19(11(2)20(16)29(18)21)13-7-12(23)8-17-14(13)10-25-30(17)33(5,31)32/h7-10,26H,6H2,1-5H3. The zero-order valence-corrected chi connectivity index (χ0v) is 19.5. The van der Waals surface area contributed by atoms with Crippen molar-refractivity contribution in [1.82, 2.24) is 24.0 Å². The topological polar surface area (TPSA) is 94.7 Å². The second-order valence-electron chi connectivity index (χ2n) is 8.77. The third-order valence-electron chi connectivity index (χ3n) is 5.98. The Morgan fingerprint density at radius 1 is 1.15 bits per heavy atom. The first-order chi connectivity index (χ1) is 15.4. The Morgan fingerprint density at radius 2 is 1.88 bits per heavy atom. The molecule has 33 heavy (non-hydrogen) atoms. The number of aryl methyl sites for hydroxylation is 1. The van der Waals surface area contributed by atoms with Gasteiger partial charge in [0.1, 0.15) is 17.5 Å². The molecule has 1 aliphatic heterocycles. The molecule has 0 saturated carbocycles. The minimum Gasteiger partial charge on any atom is -0.371 e. The van der Waals surface area contributed by atoms with E-state index in [-0.39, 0.29) is 16.6 Å². The largest absolute Gasteiger partial charge is 0.371 e. The van der Waals surface area contributed by atoms with Crippen LogP contribution in [0.3, 0.4) is 0 Å². The van der Waals surface area contributed by atoms with Gasteiger partial charge in [0, 0.05) is 23.4 Å². The molecule has 0 unspecified atom stereocenters. The summed E-state index contributed by atoms with van der Waals surface area (Å²) in [5, 5.41) is 16.2. The molecule has 0 saturated heterocycles. The zero-order chi connectivity index (χ0) is 23.9. The lowest BCUT2D eigenvalue weighted by molar-refractivity contribution is 0.531. The van der Waals surface area contributed by atoms with E-state index in [0.717, 1.165) is 22.2 Å². The maximum absolute atomic E-state index is 15.6. The average molecular weight is 473 g/mol. The highest BCUT2D eigenvalue weighted by atomic mass is 32.2. The van der Waals surface area contributed by atoms with Crippen LogP contribution in [0.25, 0.3) is 27.7 Å². The summed E-state index contributed by atoms with van der Waals surface area (Å²) in [7, 11) is -3.78. The fraction of sp³-hybridized carbons (Fsp3) is 0.318. The number of benzene rings is 2. The van der Waals surface area contributed by atoms with Gasteiger partial charge in [0.25, 0.3) is 10.0 Å². The molecule has 8 nitrogen and oxygen atoms in total. The highest BCUT2D eigenvalue weighted by molar-refractivity contribution is 7.89. The van der Waals surface area contributed by atoms with Gasteiger partial charge in [0.15, 0.2) is 5.82 Å². The van der Waals surface area contributed by atoms with Crippen molar-refractivity contribution in [2.24, 2.45) is 0 Å². The van der Waals surface area contributed by atoms with E-state index in [2.05, 4.69) is 20.6 Å². The van der Waals surface area contributed by atoms with Crippen molar-refractivity contribution in [3.63, 3.8) is 0 Å². The van der Waals surface area contributed by atoms with Crippen LogP contribution in [0.2, 0.25) is 0 Å². The summed E-state index contributed by atoms with van der Waals surface area (Å²) in [6.07, 6.45) is 2.90. The Labute approximate surface area is 189 Å². The first kappa shape index (κ1) is 21.5. The zero-order valence-electron chi connectivity index (χ0n) is 18.7. The van der Waals surface area contributed by atoms with Gasteiger partial charge in [-0.05, 0) is 44.0 Å². The molecule has 5 rings (SSSR count). The number of rotatable bonds is 3. The van der Waals surface area contributed by atoms with E-state index < -0.39 is 27.2 Å². The van der Waals surface area contributed by atoms with Gasteiger partial charge >= 0.3 is 0 Å². The lowest BCUT2D eigenvalue weighted by atomic mass is 9.92. The van der Waals surface area contributed by atoms with Crippen LogP contribution in [0.5, 0.6) is 0 Å². The van der Waals surface area contributed by atoms with Gasteiger partial charge in [-0.25, -0.2) is 17.2 Å². The molecule has 0 amide bonds. The van der Waals surface area contributed by atoms with E-state index in [9.17, 15) is 12.8 Å². The Bertz CT molecular complexity index is 1570. The molecular formula is C22H22F2N6O2S. The predicted molar refractivity (Wildman–Crippen MR) is 121 cm³/mol. The molecule has 1 aliphatic rings. The number of nitrogens with zero attached hydrogens (tertiary/aromatic N) is 5. The van der Waals surface area contributed by atoms with Gasteiger partial charge in [-0.15, -0.1) is 10.2 Å². The number of hydrogen-bond donors (Lipinski definition) is 1. The van der Waals surface area contributed by atoms with Crippen LogP contribution >= 0.6 is 0 Å². The van der Waals surface area contributed by atoms with Crippen molar-refractivity contribution >= 4 is 26.6 Å². The maximum atomic E-state index is 15.6. The van der Waals surface area contributed by atoms with Crippen molar-refractivity contribution in [3.8, 4) is 16.8 Å². The third-order valence-corrected chi connectivity index (χ3v) is 6.89. The van der Waals surface area contributed by atoms with Crippen molar-refractivity contribution in [1.29, 1.82) is 0 Å². The molecule has 0 fully saturated rings. The van der Waals surface area contributed by atoms with E-state index in [1.165, 1.54) is 18.3 Å². The van der Waals surface area contributed by atoms with Crippen LogP contribution in [0, 0.1) is 18.6 Å². The van der Waals surface area contributed by atoms with Gasteiger partial charge in [-0.2, -0.15) is 9.19 Å². The van der Waals surface area contributed by atoms with E-state index in [1.807, 2.05) is 25.3 Å². The number of aromatic nitrogens is 5.